The molecule has 9 heteroatoms. The third-order valence-electron chi connectivity index (χ3n) is 4.71. The summed E-state index contributed by atoms with van der Waals surface area (Å²) in [6.45, 7) is 1.58. The molecule has 0 aliphatic carbocycles. The second-order valence-corrected chi connectivity index (χ2v) is 7.75. The van der Waals surface area contributed by atoms with Gasteiger partial charge in [0.15, 0.2) is 0 Å². The number of carbonyl (C=O) groups excluding carboxylic acids is 1. The van der Waals surface area contributed by atoms with Gasteiger partial charge >= 0.3 is 12.1 Å². The summed E-state index contributed by atoms with van der Waals surface area (Å²) in [7, 11) is 0. The average molecular weight is 421 g/mol. The Labute approximate surface area is 169 Å². The zero-order valence-electron chi connectivity index (χ0n) is 15.4. The number of aromatic nitrogens is 1. The molecule has 1 aliphatic rings. The summed E-state index contributed by atoms with van der Waals surface area (Å²) in [4.78, 5) is 18.6. The molecule has 1 amide bonds. The Kier molecular flexibility index (Phi) is 5.42. The van der Waals surface area contributed by atoms with E-state index in [1.165, 1.54) is 11.3 Å². The minimum absolute atomic E-state index is 0.0805. The van der Waals surface area contributed by atoms with Crippen LogP contribution in [0, 0.1) is 0 Å². The lowest BCUT2D eigenvalue weighted by Gasteiger charge is -2.35. The van der Waals surface area contributed by atoms with Crippen molar-refractivity contribution in [3.05, 3.63) is 54.1 Å². The van der Waals surface area contributed by atoms with Crippen molar-refractivity contribution in [3.63, 3.8) is 0 Å². The van der Waals surface area contributed by atoms with E-state index in [0.717, 1.165) is 20.7 Å². The van der Waals surface area contributed by atoms with Crippen molar-refractivity contribution in [1.29, 1.82) is 0 Å². The number of para-hydroxylation sites is 1. The third-order valence-corrected chi connectivity index (χ3v) is 5.63. The van der Waals surface area contributed by atoms with Crippen LogP contribution < -0.4 is 4.74 Å². The van der Waals surface area contributed by atoms with E-state index in [1.54, 1.807) is 0 Å². The van der Waals surface area contributed by atoms with Crippen molar-refractivity contribution < 1.29 is 22.7 Å². The maximum atomic E-state index is 12.5. The molecule has 2 heterocycles. The van der Waals surface area contributed by atoms with Crippen molar-refractivity contribution in [3.8, 4) is 10.9 Å². The molecule has 0 radical (unpaired) electrons. The Morgan fingerprint density at radius 2 is 1.72 bits per heavy atom. The summed E-state index contributed by atoms with van der Waals surface area (Å²) in [5.41, 5.74) is 1.92. The van der Waals surface area contributed by atoms with Gasteiger partial charge in [0, 0.05) is 32.7 Å². The van der Waals surface area contributed by atoms with Gasteiger partial charge in [0.05, 0.1) is 10.2 Å². The number of hydrogen-bond acceptors (Lipinski definition) is 5. The van der Waals surface area contributed by atoms with Crippen LogP contribution in [0.25, 0.3) is 10.2 Å². The van der Waals surface area contributed by atoms with Crippen LogP contribution in [-0.4, -0.2) is 53.0 Å². The van der Waals surface area contributed by atoms with Crippen molar-refractivity contribution in [2.24, 2.45) is 0 Å². The molecule has 0 unspecified atom stereocenters. The van der Waals surface area contributed by atoms with E-state index in [9.17, 15) is 18.0 Å². The van der Waals surface area contributed by atoms with Gasteiger partial charge in [-0.3, -0.25) is 9.69 Å². The maximum absolute atomic E-state index is 12.5. The van der Waals surface area contributed by atoms with Crippen molar-refractivity contribution in [1.82, 2.24) is 14.8 Å². The van der Waals surface area contributed by atoms with Crippen LogP contribution in [0.2, 0.25) is 0 Å². The first-order valence-corrected chi connectivity index (χ1v) is 9.91. The lowest BCUT2D eigenvalue weighted by atomic mass is 10.2. The highest BCUT2D eigenvalue weighted by Crippen LogP contribution is 2.31. The molecular formula is C20H18F3N3O2S. The van der Waals surface area contributed by atoms with Gasteiger partial charge in [0.25, 0.3) is 5.19 Å². The van der Waals surface area contributed by atoms with Crippen LogP contribution in [0.3, 0.4) is 0 Å². The fraction of sp³-hybridized carbons (Fsp3) is 0.300. The van der Waals surface area contributed by atoms with Crippen LogP contribution in [-0.2, 0) is 11.3 Å². The molecule has 0 spiro atoms. The molecule has 152 valence electrons. The predicted molar refractivity (Wildman–Crippen MR) is 104 cm³/mol. The van der Waals surface area contributed by atoms with Gasteiger partial charge in [-0.15, -0.1) is 0 Å². The van der Waals surface area contributed by atoms with Crippen LogP contribution in [0.15, 0.2) is 48.5 Å². The average Bonchev–Trinajstić information content (AvgIpc) is 3.11. The fourth-order valence-corrected chi connectivity index (χ4v) is 4.04. The molecule has 5 nitrogen and oxygen atoms in total. The number of amides is 1. The highest BCUT2D eigenvalue weighted by molar-refractivity contribution is 7.20. The molecule has 1 fully saturated rings. The number of fused-ring (bicyclic) bond motifs is 1. The lowest BCUT2D eigenvalue weighted by molar-refractivity contribution is -0.187. The fourth-order valence-electron chi connectivity index (χ4n) is 3.21. The first-order chi connectivity index (χ1) is 13.9. The SMILES string of the molecule is O=C(N1CCN(Cc2ccc(Oc3nc4ccccc4s3)cc2)CC1)C(F)(F)F. The maximum Gasteiger partial charge on any atom is 0.471 e. The van der Waals surface area contributed by atoms with Crippen molar-refractivity contribution in [2.75, 3.05) is 26.2 Å². The summed E-state index contributed by atoms with van der Waals surface area (Å²) in [5, 5.41) is 0.574. The van der Waals surface area contributed by atoms with Crippen molar-refractivity contribution >= 4 is 27.5 Å². The number of nitrogens with zero attached hydrogens (tertiary/aromatic N) is 3. The molecule has 0 saturated carbocycles. The van der Waals surface area contributed by atoms with E-state index in [-0.39, 0.29) is 13.1 Å². The Bertz CT molecular complexity index is 963. The zero-order valence-corrected chi connectivity index (χ0v) is 16.2. The number of carbonyl (C=O) groups is 1. The number of rotatable bonds is 4. The second-order valence-electron chi connectivity index (χ2n) is 6.76. The van der Waals surface area contributed by atoms with E-state index in [4.69, 9.17) is 4.74 Å². The smallest absolute Gasteiger partial charge is 0.431 e. The number of benzene rings is 2. The predicted octanol–water partition coefficient (Wildman–Crippen LogP) is 4.30. The Balaban J connectivity index is 1.31. The normalized spacial score (nSPS) is 15.6. The largest absolute Gasteiger partial charge is 0.471 e. The Morgan fingerprint density at radius 3 is 2.38 bits per heavy atom. The number of ether oxygens (including phenoxy) is 1. The first kappa shape index (κ1) is 19.7. The minimum atomic E-state index is -4.80. The zero-order chi connectivity index (χ0) is 20.4. The molecule has 29 heavy (non-hydrogen) atoms. The first-order valence-electron chi connectivity index (χ1n) is 9.09. The van der Waals surface area contributed by atoms with Gasteiger partial charge in [-0.25, -0.2) is 4.98 Å². The standard InChI is InChI=1S/C20H18F3N3O2S/c21-20(22,23)18(27)26-11-9-25(10-12-26)13-14-5-7-15(8-6-14)28-19-24-16-3-1-2-4-17(16)29-19/h1-8H,9-13H2. The number of alkyl halides is 3. The molecule has 0 N–H and O–H groups in total. The molecule has 0 bridgehead atoms. The molecule has 1 aliphatic heterocycles. The molecule has 2 aromatic carbocycles. The van der Waals surface area contributed by atoms with E-state index in [0.29, 0.717) is 30.6 Å². The summed E-state index contributed by atoms with van der Waals surface area (Å²) in [5.74, 6) is -1.08. The van der Waals surface area contributed by atoms with Crippen LogP contribution in [0.5, 0.6) is 10.9 Å². The molecule has 1 aromatic heterocycles. The van der Waals surface area contributed by atoms with E-state index >= 15 is 0 Å². The quantitative estimate of drug-likeness (QED) is 0.630. The Hall–Kier alpha value is -2.65. The van der Waals surface area contributed by atoms with Crippen LogP contribution >= 0.6 is 11.3 Å². The summed E-state index contributed by atoms with van der Waals surface area (Å²) in [6.07, 6.45) is -4.80. The van der Waals surface area contributed by atoms with Gasteiger partial charge in [-0.1, -0.05) is 35.6 Å². The number of halogens is 3. The number of thiazole rings is 1. The third kappa shape index (κ3) is 4.68. The highest BCUT2D eigenvalue weighted by Gasteiger charge is 2.43. The van der Waals surface area contributed by atoms with Crippen LogP contribution in [0.4, 0.5) is 13.2 Å². The van der Waals surface area contributed by atoms with E-state index < -0.39 is 12.1 Å². The van der Waals surface area contributed by atoms with Crippen LogP contribution in [0.1, 0.15) is 5.56 Å². The minimum Gasteiger partial charge on any atom is -0.431 e. The lowest BCUT2D eigenvalue weighted by Crippen LogP contribution is -2.52. The second kappa shape index (κ2) is 8.00. The molecule has 3 aromatic rings. The summed E-state index contributed by atoms with van der Waals surface area (Å²) < 4.78 is 44.4. The van der Waals surface area contributed by atoms with Gasteiger partial charge in [-0.2, -0.15) is 13.2 Å². The molecular weight excluding hydrogens is 403 g/mol. The highest BCUT2D eigenvalue weighted by atomic mass is 32.1. The molecule has 1 saturated heterocycles. The van der Waals surface area contributed by atoms with E-state index in [1.807, 2.05) is 53.4 Å². The topological polar surface area (TPSA) is 45.7 Å². The number of hydrogen-bond donors (Lipinski definition) is 0. The summed E-state index contributed by atoms with van der Waals surface area (Å²) >= 11 is 1.48. The molecule has 0 atom stereocenters. The van der Waals surface area contributed by atoms with Gasteiger partial charge < -0.3 is 9.64 Å². The van der Waals surface area contributed by atoms with Gasteiger partial charge in [-0.05, 0) is 29.8 Å². The number of piperazine rings is 1. The van der Waals surface area contributed by atoms with Gasteiger partial charge in [0.1, 0.15) is 5.75 Å². The molecule has 4 rings (SSSR count). The van der Waals surface area contributed by atoms with E-state index in [2.05, 4.69) is 4.98 Å². The monoisotopic (exact) mass is 421 g/mol. The van der Waals surface area contributed by atoms with Crippen molar-refractivity contribution in [2.45, 2.75) is 12.7 Å². The Morgan fingerprint density at radius 1 is 1.03 bits per heavy atom. The summed E-state index contributed by atoms with van der Waals surface area (Å²) in [6, 6.07) is 15.4. The van der Waals surface area contributed by atoms with Gasteiger partial charge in [0.2, 0.25) is 0 Å².